The quantitative estimate of drug-likeness (QED) is 0.447. The van der Waals surface area contributed by atoms with Crippen molar-refractivity contribution in [2.45, 2.75) is 26.9 Å². The summed E-state index contributed by atoms with van der Waals surface area (Å²) in [5, 5.41) is 6.37. The lowest BCUT2D eigenvalue weighted by Gasteiger charge is -2.13. The summed E-state index contributed by atoms with van der Waals surface area (Å²) in [7, 11) is 1.70. The highest BCUT2D eigenvalue weighted by Gasteiger charge is 2.03. The lowest BCUT2D eigenvalue weighted by atomic mass is 10.1. The Bertz CT molecular complexity index is 673. The predicted octanol–water partition coefficient (Wildman–Crippen LogP) is 3.32. The Hall–Kier alpha value is -1.70. The Morgan fingerprint density at radius 1 is 1.13 bits per heavy atom. The number of pyridine rings is 1. The number of nitrogens with one attached hydrogen (secondary N) is 2. The van der Waals surface area contributed by atoms with Gasteiger partial charge in [-0.05, 0) is 42.7 Å². The topological polar surface area (TPSA) is 49.3 Å². The van der Waals surface area contributed by atoms with Gasteiger partial charge in [0, 0.05) is 19.8 Å². The maximum absolute atomic E-state index is 13.5. The second kappa shape index (κ2) is 9.44. The number of hydrogen-bond acceptors (Lipinski definition) is 2. The average molecular weight is 428 g/mol. The van der Waals surface area contributed by atoms with E-state index in [1.807, 2.05) is 25.1 Å². The molecule has 0 radical (unpaired) electrons. The van der Waals surface area contributed by atoms with Crippen molar-refractivity contribution in [2.24, 2.45) is 4.99 Å². The van der Waals surface area contributed by atoms with Gasteiger partial charge in [0.1, 0.15) is 5.82 Å². The summed E-state index contributed by atoms with van der Waals surface area (Å²) in [6.45, 7) is 4.88. The number of halogens is 2. The summed E-state index contributed by atoms with van der Waals surface area (Å²) >= 11 is 0. The van der Waals surface area contributed by atoms with E-state index in [0.717, 1.165) is 16.8 Å². The molecular formula is C17H22FIN4. The van der Waals surface area contributed by atoms with E-state index in [1.165, 1.54) is 0 Å². The first-order valence-electron chi connectivity index (χ1n) is 7.20. The fourth-order valence-electron chi connectivity index (χ4n) is 2.02. The zero-order valence-corrected chi connectivity index (χ0v) is 15.9. The van der Waals surface area contributed by atoms with Crippen LogP contribution in [0.15, 0.2) is 41.5 Å². The van der Waals surface area contributed by atoms with Crippen molar-refractivity contribution < 1.29 is 4.39 Å². The number of rotatable bonds is 4. The first-order chi connectivity index (χ1) is 10.6. The van der Waals surface area contributed by atoms with Crippen LogP contribution in [0, 0.1) is 19.7 Å². The third-order valence-electron chi connectivity index (χ3n) is 3.46. The minimum Gasteiger partial charge on any atom is -0.352 e. The van der Waals surface area contributed by atoms with Crippen molar-refractivity contribution >= 4 is 29.9 Å². The summed E-state index contributed by atoms with van der Waals surface area (Å²) in [6, 6.07) is 9.16. The van der Waals surface area contributed by atoms with Crippen LogP contribution < -0.4 is 10.6 Å². The van der Waals surface area contributed by atoms with Gasteiger partial charge in [-0.1, -0.05) is 18.2 Å². The number of guanidine groups is 1. The van der Waals surface area contributed by atoms with Crippen molar-refractivity contribution in [3.63, 3.8) is 0 Å². The van der Waals surface area contributed by atoms with Crippen molar-refractivity contribution in [2.75, 3.05) is 7.05 Å². The number of nitrogens with zero attached hydrogens (tertiary/aromatic N) is 2. The van der Waals surface area contributed by atoms with Gasteiger partial charge in [-0.3, -0.25) is 9.98 Å². The van der Waals surface area contributed by atoms with Crippen LogP contribution >= 0.6 is 24.0 Å². The number of aliphatic imine (C=N–C) groups is 1. The van der Waals surface area contributed by atoms with Gasteiger partial charge in [-0.2, -0.15) is 0 Å². The third-order valence-corrected chi connectivity index (χ3v) is 3.46. The van der Waals surface area contributed by atoms with Gasteiger partial charge >= 0.3 is 0 Å². The largest absolute Gasteiger partial charge is 0.352 e. The SMILES string of the molecule is CN=C(NCc1ccc(C)c(F)c1)NCc1ncccc1C.I. The van der Waals surface area contributed by atoms with Gasteiger partial charge in [0.2, 0.25) is 0 Å². The molecule has 6 heteroatoms. The second-order valence-corrected chi connectivity index (χ2v) is 5.13. The molecule has 0 aliphatic carbocycles. The molecule has 0 atom stereocenters. The van der Waals surface area contributed by atoms with Gasteiger partial charge in [0.15, 0.2) is 5.96 Å². The maximum atomic E-state index is 13.5. The molecule has 0 aliphatic rings. The van der Waals surface area contributed by atoms with Gasteiger partial charge in [0.05, 0.1) is 12.2 Å². The Balaban J connectivity index is 0.00000264. The van der Waals surface area contributed by atoms with Crippen molar-refractivity contribution in [3.8, 4) is 0 Å². The number of aryl methyl sites for hydroxylation is 2. The number of aromatic nitrogens is 1. The first-order valence-corrected chi connectivity index (χ1v) is 7.20. The fraction of sp³-hybridized carbons (Fsp3) is 0.294. The third kappa shape index (κ3) is 5.78. The van der Waals surface area contributed by atoms with Crippen LogP contribution in [0.2, 0.25) is 0 Å². The summed E-state index contributed by atoms with van der Waals surface area (Å²) < 4.78 is 13.5. The molecule has 1 aromatic heterocycles. The molecule has 0 saturated carbocycles. The molecule has 2 rings (SSSR count). The predicted molar refractivity (Wildman–Crippen MR) is 103 cm³/mol. The Kier molecular flexibility index (Phi) is 7.94. The van der Waals surface area contributed by atoms with Crippen LogP contribution in [-0.4, -0.2) is 18.0 Å². The van der Waals surface area contributed by atoms with E-state index in [1.54, 1.807) is 32.3 Å². The number of benzene rings is 1. The first kappa shape index (κ1) is 19.3. The highest BCUT2D eigenvalue weighted by Crippen LogP contribution is 2.08. The van der Waals surface area contributed by atoms with Crippen LogP contribution in [0.5, 0.6) is 0 Å². The summed E-state index contributed by atoms with van der Waals surface area (Å²) in [5.41, 5.74) is 3.63. The highest BCUT2D eigenvalue weighted by atomic mass is 127. The standard InChI is InChI=1S/C17H21FN4.HI/c1-12-6-7-14(9-15(12)18)10-21-17(19-3)22-11-16-13(2)5-4-8-20-16;/h4-9H,10-11H2,1-3H3,(H2,19,21,22);1H. The van der Waals surface area contributed by atoms with E-state index in [2.05, 4.69) is 20.6 Å². The molecule has 4 nitrogen and oxygen atoms in total. The normalized spacial score (nSPS) is 10.9. The molecule has 0 aliphatic heterocycles. The maximum Gasteiger partial charge on any atom is 0.191 e. The van der Waals surface area contributed by atoms with Gasteiger partial charge in [-0.15, -0.1) is 24.0 Å². The lowest BCUT2D eigenvalue weighted by molar-refractivity contribution is 0.615. The minimum atomic E-state index is -0.189. The number of hydrogen-bond donors (Lipinski definition) is 2. The molecule has 0 unspecified atom stereocenters. The molecule has 1 aromatic carbocycles. The summed E-state index contributed by atoms with van der Waals surface area (Å²) in [5.74, 6) is 0.470. The fourth-order valence-corrected chi connectivity index (χ4v) is 2.02. The van der Waals surface area contributed by atoms with E-state index in [0.29, 0.717) is 24.6 Å². The molecule has 124 valence electrons. The Labute approximate surface area is 153 Å². The van der Waals surface area contributed by atoms with Crippen molar-refractivity contribution in [1.29, 1.82) is 0 Å². The van der Waals surface area contributed by atoms with Crippen LogP contribution in [0.3, 0.4) is 0 Å². The summed E-state index contributed by atoms with van der Waals surface area (Å²) in [6.07, 6.45) is 1.77. The Morgan fingerprint density at radius 2 is 1.87 bits per heavy atom. The van der Waals surface area contributed by atoms with Gasteiger partial charge < -0.3 is 10.6 Å². The van der Waals surface area contributed by atoms with Gasteiger partial charge in [0.25, 0.3) is 0 Å². The molecule has 1 heterocycles. The molecular weight excluding hydrogens is 406 g/mol. The summed E-state index contributed by atoms with van der Waals surface area (Å²) in [4.78, 5) is 8.49. The lowest BCUT2D eigenvalue weighted by Crippen LogP contribution is -2.36. The molecule has 0 fully saturated rings. The monoisotopic (exact) mass is 428 g/mol. The molecule has 0 spiro atoms. The van der Waals surface area contributed by atoms with Crippen LogP contribution in [0.4, 0.5) is 4.39 Å². The van der Waals surface area contributed by atoms with E-state index in [4.69, 9.17) is 0 Å². The minimum absolute atomic E-state index is 0. The van der Waals surface area contributed by atoms with Crippen LogP contribution in [0.1, 0.15) is 22.4 Å². The highest BCUT2D eigenvalue weighted by molar-refractivity contribution is 14.0. The molecule has 0 bridgehead atoms. The van der Waals surface area contributed by atoms with E-state index in [-0.39, 0.29) is 29.8 Å². The van der Waals surface area contributed by atoms with Crippen LogP contribution in [-0.2, 0) is 13.1 Å². The van der Waals surface area contributed by atoms with Crippen molar-refractivity contribution in [3.05, 3.63) is 64.7 Å². The molecule has 0 saturated heterocycles. The van der Waals surface area contributed by atoms with Crippen molar-refractivity contribution in [1.82, 2.24) is 15.6 Å². The van der Waals surface area contributed by atoms with E-state index in [9.17, 15) is 4.39 Å². The Morgan fingerprint density at radius 3 is 2.52 bits per heavy atom. The van der Waals surface area contributed by atoms with Gasteiger partial charge in [-0.25, -0.2) is 4.39 Å². The average Bonchev–Trinajstić information content (AvgIpc) is 2.52. The molecule has 0 amide bonds. The van der Waals surface area contributed by atoms with E-state index >= 15 is 0 Å². The molecule has 23 heavy (non-hydrogen) atoms. The van der Waals surface area contributed by atoms with Crippen LogP contribution in [0.25, 0.3) is 0 Å². The zero-order chi connectivity index (χ0) is 15.9. The smallest absolute Gasteiger partial charge is 0.191 e. The van der Waals surface area contributed by atoms with E-state index < -0.39 is 0 Å². The molecule has 2 N–H and O–H groups in total. The molecule has 2 aromatic rings. The second-order valence-electron chi connectivity index (χ2n) is 5.13. The zero-order valence-electron chi connectivity index (χ0n) is 13.6.